The number of rotatable bonds is 3. The molecule has 6 nitrogen and oxygen atoms in total. The van der Waals surface area contributed by atoms with E-state index in [9.17, 15) is 18.0 Å². The van der Waals surface area contributed by atoms with Gasteiger partial charge in [-0.05, 0) is 24.6 Å². The summed E-state index contributed by atoms with van der Waals surface area (Å²) in [5.41, 5.74) is 2.51. The number of fused-ring (bicyclic) bond motifs is 3. The van der Waals surface area contributed by atoms with E-state index < -0.39 is 12.5 Å². The van der Waals surface area contributed by atoms with Gasteiger partial charge in [0.25, 0.3) is 0 Å². The summed E-state index contributed by atoms with van der Waals surface area (Å²) in [7, 11) is 0. The molecule has 2 heterocycles. The first-order chi connectivity index (χ1) is 12.8. The maximum atomic E-state index is 12.4. The van der Waals surface area contributed by atoms with Crippen LogP contribution in [0.1, 0.15) is 12.0 Å². The predicted octanol–water partition coefficient (Wildman–Crippen LogP) is 3.90. The second kappa shape index (κ2) is 6.50. The molecule has 4 rings (SSSR count). The monoisotopic (exact) mass is 396 g/mol. The van der Waals surface area contributed by atoms with Gasteiger partial charge < -0.3 is 10.6 Å². The number of nitrogens with one attached hydrogen (secondary N) is 2. The molecule has 2 aliphatic rings. The van der Waals surface area contributed by atoms with Crippen LogP contribution in [-0.2, 0) is 16.0 Å². The highest BCUT2D eigenvalue weighted by Gasteiger charge is 2.37. The summed E-state index contributed by atoms with van der Waals surface area (Å²) >= 11 is 5.99. The van der Waals surface area contributed by atoms with Crippen LogP contribution in [0.25, 0.3) is 11.3 Å². The molecule has 10 heteroatoms. The van der Waals surface area contributed by atoms with Crippen LogP contribution in [-0.4, -0.2) is 28.3 Å². The maximum Gasteiger partial charge on any atom is 0.523 e. The van der Waals surface area contributed by atoms with Crippen molar-refractivity contribution in [2.45, 2.75) is 25.3 Å². The van der Waals surface area contributed by atoms with E-state index in [2.05, 4.69) is 25.3 Å². The molecule has 2 aromatic rings. The Kier molecular flexibility index (Phi) is 4.27. The Morgan fingerprint density at radius 1 is 1.33 bits per heavy atom. The molecule has 1 aromatic carbocycles. The van der Waals surface area contributed by atoms with Gasteiger partial charge in [0, 0.05) is 28.0 Å². The molecule has 1 amide bonds. The van der Waals surface area contributed by atoms with Crippen LogP contribution in [0.15, 0.2) is 36.2 Å². The molecule has 0 bridgehead atoms. The van der Waals surface area contributed by atoms with Crippen LogP contribution in [0.5, 0.6) is 0 Å². The molecular weight excluding hydrogens is 385 g/mol. The molecule has 1 aliphatic carbocycles. The molecule has 0 spiro atoms. The number of carbonyl (C=O) groups excluding carboxylic acids is 1. The van der Waals surface area contributed by atoms with Crippen molar-refractivity contribution in [2.24, 2.45) is 0 Å². The van der Waals surface area contributed by atoms with Gasteiger partial charge in [0.15, 0.2) is 0 Å². The molecule has 1 aromatic heterocycles. The van der Waals surface area contributed by atoms with E-state index in [1.165, 1.54) is 6.20 Å². The van der Waals surface area contributed by atoms with Crippen molar-refractivity contribution in [3.63, 3.8) is 0 Å². The normalized spacial score (nSPS) is 18.4. The van der Waals surface area contributed by atoms with E-state index in [0.29, 0.717) is 27.5 Å². The molecule has 0 unspecified atom stereocenters. The standard InChI is InChI=1S/C17H12ClF3N4O2/c18-9-1-2-10-12(6-9)23-14(26)5-8-7-22-16(25-15(8)10)24-11-3-4-13(11)27-17(19,20)21/h1-3,6-7,13H,4-5H2,(H,23,26)(H,22,24,25)/t13-/m1/s1. The van der Waals surface area contributed by atoms with Gasteiger partial charge in [-0.2, -0.15) is 0 Å². The third kappa shape index (κ3) is 3.74. The van der Waals surface area contributed by atoms with E-state index in [1.54, 1.807) is 24.3 Å². The molecule has 140 valence electrons. The third-order valence-electron chi connectivity index (χ3n) is 4.16. The number of hydrogen-bond acceptors (Lipinski definition) is 5. The summed E-state index contributed by atoms with van der Waals surface area (Å²) in [6, 6.07) is 5.00. The Morgan fingerprint density at radius 3 is 2.85 bits per heavy atom. The number of halogens is 4. The minimum atomic E-state index is -4.72. The molecule has 0 radical (unpaired) electrons. The van der Waals surface area contributed by atoms with E-state index in [0.717, 1.165) is 0 Å². The smallest absolute Gasteiger partial charge is 0.326 e. The number of carbonyl (C=O) groups is 1. The Balaban J connectivity index is 1.64. The zero-order valence-corrected chi connectivity index (χ0v) is 14.4. The molecule has 0 fully saturated rings. The highest BCUT2D eigenvalue weighted by Crippen LogP contribution is 2.35. The van der Waals surface area contributed by atoms with Crippen molar-refractivity contribution < 1.29 is 22.7 Å². The summed E-state index contributed by atoms with van der Waals surface area (Å²) in [6.45, 7) is 0. The number of nitrogens with zero attached hydrogens (tertiary/aromatic N) is 2. The number of benzene rings is 1. The zero-order valence-electron chi connectivity index (χ0n) is 13.6. The predicted molar refractivity (Wildman–Crippen MR) is 92.1 cm³/mol. The largest absolute Gasteiger partial charge is 0.523 e. The van der Waals surface area contributed by atoms with Gasteiger partial charge in [-0.1, -0.05) is 17.7 Å². The van der Waals surface area contributed by atoms with Crippen LogP contribution in [0.2, 0.25) is 5.02 Å². The molecular formula is C17H12ClF3N4O2. The number of anilines is 2. The molecule has 27 heavy (non-hydrogen) atoms. The van der Waals surface area contributed by atoms with Crippen molar-refractivity contribution in [3.8, 4) is 11.3 Å². The summed E-state index contributed by atoms with van der Waals surface area (Å²) in [4.78, 5) is 20.6. The summed E-state index contributed by atoms with van der Waals surface area (Å²) in [6.07, 6.45) is -2.56. The summed E-state index contributed by atoms with van der Waals surface area (Å²) in [5.74, 6) is -0.118. The van der Waals surface area contributed by atoms with Gasteiger partial charge in [0.1, 0.15) is 6.10 Å². The van der Waals surface area contributed by atoms with Gasteiger partial charge in [0.2, 0.25) is 11.9 Å². The van der Waals surface area contributed by atoms with Crippen molar-refractivity contribution >= 4 is 29.1 Å². The van der Waals surface area contributed by atoms with Gasteiger partial charge in [0.05, 0.1) is 17.8 Å². The summed E-state index contributed by atoms with van der Waals surface area (Å²) in [5, 5.41) is 5.97. The van der Waals surface area contributed by atoms with Crippen molar-refractivity contribution in [2.75, 3.05) is 10.6 Å². The lowest BCUT2D eigenvalue weighted by Crippen LogP contribution is -2.33. The minimum Gasteiger partial charge on any atom is -0.326 e. The summed E-state index contributed by atoms with van der Waals surface area (Å²) < 4.78 is 41.2. The van der Waals surface area contributed by atoms with E-state index in [1.807, 2.05) is 0 Å². The fourth-order valence-corrected chi connectivity index (χ4v) is 3.06. The fraction of sp³-hybridized carbons (Fsp3) is 0.235. The Bertz CT molecular complexity index is 962. The van der Waals surface area contributed by atoms with Gasteiger partial charge in [-0.3, -0.25) is 9.53 Å². The lowest BCUT2D eigenvalue weighted by atomic mass is 10.0. The minimum absolute atomic E-state index is 0.0738. The van der Waals surface area contributed by atoms with Gasteiger partial charge >= 0.3 is 6.36 Å². The topological polar surface area (TPSA) is 76.1 Å². The van der Waals surface area contributed by atoms with Crippen molar-refractivity contribution in [3.05, 3.63) is 46.8 Å². The average Bonchev–Trinajstić information content (AvgIpc) is 2.70. The fourth-order valence-electron chi connectivity index (χ4n) is 2.89. The van der Waals surface area contributed by atoms with Crippen LogP contribution < -0.4 is 10.6 Å². The first kappa shape index (κ1) is 17.7. The third-order valence-corrected chi connectivity index (χ3v) is 4.39. The zero-order chi connectivity index (χ0) is 19.2. The van der Waals surface area contributed by atoms with E-state index in [4.69, 9.17) is 11.6 Å². The van der Waals surface area contributed by atoms with Crippen molar-refractivity contribution in [1.29, 1.82) is 0 Å². The van der Waals surface area contributed by atoms with E-state index in [-0.39, 0.29) is 30.4 Å². The molecule has 0 saturated heterocycles. The first-order valence-corrected chi connectivity index (χ1v) is 8.33. The number of ether oxygens (including phenoxy) is 1. The second-order valence-corrected chi connectivity index (χ2v) is 6.49. The highest BCUT2D eigenvalue weighted by atomic mass is 35.5. The number of aromatic nitrogens is 2. The van der Waals surface area contributed by atoms with Crippen LogP contribution >= 0.6 is 11.6 Å². The molecule has 1 aliphatic heterocycles. The molecule has 0 saturated carbocycles. The van der Waals surface area contributed by atoms with Crippen LogP contribution in [0, 0.1) is 0 Å². The highest BCUT2D eigenvalue weighted by molar-refractivity contribution is 6.31. The van der Waals surface area contributed by atoms with Gasteiger partial charge in [-0.25, -0.2) is 9.97 Å². The number of amides is 1. The SMILES string of the molecule is O=C1Cc2cnc(NC3=CC[C@H]3OC(F)(F)F)nc2-c2ccc(Cl)cc2N1. The molecule has 1 atom stereocenters. The lowest BCUT2D eigenvalue weighted by molar-refractivity contribution is -0.339. The Labute approximate surface area is 156 Å². The van der Waals surface area contributed by atoms with E-state index >= 15 is 0 Å². The number of hydrogen-bond donors (Lipinski definition) is 2. The van der Waals surface area contributed by atoms with Crippen LogP contribution in [0.3, 0.4) is 0 Å². The molecule has 2 N–H and O–H groups in total. The quantitative estimate of drug-likeness (QED) is 0.823. The Morgan fingerprint density at radius 2 is 2.15 bits per heavy atom. The maximum absolute atomic E-state index is 12.4. The first-order valence-electron chi connectivity index (χ1n) is 7.96. The lowest BCUT2D eigenvalue weighted by Gasteiger charge is -2.28. The van der Waals surface area contributed by atoms with Crippen molar-refractivity contribution in [1.82, 2.24) is 9.97 Å². The number of alkyl halides is 3. The van der Waals surface area contributed by atoms with Gasteiger partial charge in [-0.15, -0.1) is 13.2 Å². The Hall–Kier alpha value is -2.65. The average molecular weight is 397 g/mol. The van der Waals surface area contributed by atoms with Crippen LogP contribution in [0.4, 0.5) is 24.8 Å². The second-order valence-electron chi connectivity index (χ2n) is 6.05.